The predicted octanol–water partition coefficient (Wildman–Crippen LogP) is 1.85. The Labute approximate surface area is 104 Å². The quantitative estimate of drug-likeness (QED) is 0.597. The van der Waals surface area contributed by atoms with Gasteiger partial charge in [-0.25, -0.2) is 9.99 Å². The maximum absolute atomic E-state index is 10.4. The highest BCUT2D eigenvalue weighted by molar-refractivity contribution is 5.33. The number of hydrogen-bond acceptors (Lipinski definition) is 5. The molecule has 0 aromatic carbocycles. The zero-order valence-electron chi connectivity index (χ0n) is 10.6. The molecule has 2 heterocycles. The van der Waals surface area contributed by atoms with Crippen molar-refractivity contribution >= 4 is 5.82 Å². The van der Waals surface area contributed by atoms with Crippen LogP contribution >= 0.6 is 0 Å². The van der Waals surface area contributed by atoms with Gasteiger partial charge in [0.2, 0.25) is 0 Å². The lowest BCUT2D eigenvalue weighted by atomic mass is 10.1. The predicted molar refractivity (Wildman–Crippen MR) is 66.1 cm³/mol. The Hall–Kier alpha value is -2.18. The molecule has 0 amide bonds. The minimum absolute atomic E-state index is 0.531. The first-order valence-electron chi connectivity index (χ1n) is 5.62. The average Bonchev–Trinajstić information content (AvgIpc) is 2.95. The summed E-state index contributed by atoms with van der Waals surface area (Å²) in [4.78, 5) is 14.4. The van der Waals surface area contributed by atoms with E-state index in [4.69, 9.17) is 4.52 Å². The number of rotatable bonds is 5. The number of nitrogens with zero attached hydrogens (tertiary/aromatic N) is 5. The average molecular weight is 249 g/mol. The molecule has 18 heavy (non-hydrogen) atoms. The van der Waals surface area contributed by atoms with Crippen LogP contribution in [0.25, 0.3) is 0 Å². The third-order valence-corrected chi connectivity index (χ3v) is 2.87. The maximum Gasteiger partial charge on any atom is 0.169 e. The van der Waals surface area contributed by atoms with Crippen LogP contribution in [-0.4, -0.2) is 21.8 Å². The van der Waals surface area contributed by atoms with Crippen molar-refractivity contribution in [1.82, 2.24) is 14.7 Å². The molecule has 0 N–H and O–H groups in total. The zero-order valence-corrected chi connectivity index (χ0v) is 10.6. The monoisotopic (exact) mass is 249 g/mol. The molecule has 0 bridgehead atoms. The lowest BCUT2D eigenvalue weighted by molar-refractivity contribution is 0.392. The van der Waals surface area contributed by atoms with Gasteiger partial charge >= 0.3 is 0 Å². The van der Waals surface area contributed by atoms with Crippen LogP contribution in [0.1, 0.15) is 17.0 Å². The molecule has 0 spiro atoms. The molecule has 0 saturated heterocycles. The van der Waals surface area contributed by atoms with Crippen LogP contribution < -0.4 is 5.01 Å². The zero-order chi connectivity index (χ0) is 13.1. The van der Waals surface area contributed by atoms with E-state index in [1.807, 2.05) is 18.4 Å². The summed E-state index contributed by atoms with van der Waals surface area (Å²) in [6.07, 6.45) is 4.27. The van der Waals surface area contributed by atoms with Gasteiger partial charge in [0.25, 0.3) is 0 Å². The van der Waals surface area contributed by atoms with Crippen LogP contribution in [0.3, 0.4) is 0 Å². The van der Waals surface area contributed by atoms with Gasteiger partial charge in [-0.15, -0.1) is 4.91 Å². The van der Waals surface area contributed by atoms with Crippen molar-refractivity contribution < 1.29 is 4.52 Å². The van der Waals surface area contributed by atoms with Crippen LogP contribution in [0.2, 0.25) is 0 Å². The molecule has 0 radical (unpaired) electrons. The van der Waals surface area contributed by atoms with Crippen LogP contribution in [0, 0.1) is 18.8 Å². The summed E-state index contributed by atoms with van der Waals surface area (Å²) < 4.78 is 7.01. The standard InChI is InChI=1S/C11H15N5O2/c1-8-10(9(2)18-13-8)4-5-16-6-11(12-7-16)15(3)14-17/h6-7H,4-5H2,1-3H3. The Morgan fingerprint density at radius 1 is 1.50 bits per heavy atom. The molecule has 0 atom stereocenters. The molecule has 2 aromatic heterocycles. The van der Waals surface area contributed by atoms with Crippen LogP contribution in [-0.2, 0) is 13.0 Å². The Kier molecular flexibility index (Phi) is 3.40. The van der Waals surface area contributed by atoms with E-state index in [1.165, 1.54) is 5.01 Å². The number of aryl methyl sites for hydroxylation is 3. The first kappa shape index (κ1) is 12.3. The third kappa shape index (κ3) is 2.39. The molecule has 0 unspecified atom stereocenters. The van der Waals surface area contributed by atoms with Gasteiger partial charge in [0.05, 0.1) is 17.3 Å². The van der Waals surface area contributed by atoms with Gasteiger partial charge in [-0.05, 0) is 20.3 Å². The van der Waals surface area contributed by atoms with Crippen LogP contribution in [0.4, 0.5) is 5.82 Å². The van der Waals surface area contributed by atoms with Gasteiger partial charge in [0, 0.05) is 25.4 Å². The van der Waals surface area contributed by atoms with E-state index in [0.717, 1.165) is 30.0 Å². The highest BCUT2D eigenvalue weighted by atomic mass is 16.5. The summed E-state index contributed by atoms with van der Waals surface area (Å²) in [5.41, 5.74) is 2.03. The third-order valence-electron chi connectivity index (χ3n) is 2.87. The lowest BCUT2D eigenvalue weighted by Crippen LogP contribution is -2.07. The van der Waals surface area contributed by atoms with Gasteiger partial charge in [-0.2, -0.15) is 0 Å². The summed E-state index contributed by atoms with van der Waals surface area (Å²) >= 11 is 0. The van der Waals surface area contributed by atoms with E-state index in [0.29, 0.717) is 5.82 Å². The molecule has 0 aliphatic heterocycles. The molecule has 2 aromatic rings. The first-order valence-corrected chi connectivity index (χ1v) is 5.62. The van der Waals surface area contributed by atoms with Crippen molar-refractivity contribution in [3.05, 3.63) is 34.4 Å². The molecule has 0 fully saturated rings. The fourth-order valence-electron chi connectivity index (χ4n) is 1.78. The first-order chi connectivity index (χ1) is 8.61. The molecule has 2 rings (SSSR count). The van der Waals surface area contributed by atoms with Gasteiger partial charge in [-0.1, -0.05) is 5.16 Å². The number of hydrogen-bond donors (Lipinski definition) is 0. The molecule has 0 saturated carbocycles. The topological polar surface area (TPSA) is 76.5 Å². The van der Waals surface area contributed by atoms with Crippen molar-refractivity contribution in [2.24, 2.45) is 5.29 Å². The van der Waals surface area contributed by atoms with E-state index >= 15 is 0 Å². The summed E-state index contributed by atoms with van der Waals surface area (Å²) in [5.74, 6) is 1.38. The normalized spacial score (nSPS) is 10.6. The largest absolute Gasteiger partial charge is 0.361 e. The number of imidazole rings is 1. The number of anilines is 1. The SMILES string of the molecule is Cc1noc(C)c1CCn1cnc(N(C)N=O)c1. The van der Waals surface area contributed by atoms with Crippen molar-refractivity contribution in [3.8, 4) is 0 Å². The van der Waals surface area contributed by atoms with Crippen LogP contribution in [0.15, 0.2) is 22.3 Å². The van der Waals surface area contributed by atoms with E-state index in [9.17, 15) is 4.91 Å². The Morgan fingerprint density at radius 3 is 2.89 bits per heavy atom. The fraction of sp³-hybridized carbons (Fsp3) is 0.455. The van der Waals surface area contributed by atoms with Gasteiger partial charge in [-0.3, -0.25) is 0 Å². The second-order valence-electron chi connectivity index (χ2n) is 4.13. The number of aromatic nitrogens is 3. The summed E-state index contributed by atoms with van der Waals surface area (Å²) in [6, 6.07) is 0. The van der Waals surface area contributed by atoms with Crippen molar-refractivity contribution in [1.29, 1.82) is 0 Å². The minimum atomic E-state index is 0.531. The van der Waals surface area contributed by atoms with Crippen LogP contribution in [0.5, 0.6) is 0 Å². The molecule has 7 nitrogen and oxygen atoms in total. The molecule has 0 aliphatic rings. The smallest absolute Gasteiger partial charge is 0.169 e. The summed E-state index contributed by atoms with van der Waals surface area (Å²) in [5, 5.41) is 7.89. The fourth-order valence-corrected chi connectivity index (χ4v) is 1.78. The second kappa shape index (κ2) is 4.99. The Balaban J connectivity index is 2.03. The molecule has 7 heteroatoms. The van der Waals surface area contributed by atoms with Crippen molar-refractivity contribution in [2.75, 3.05) is 12.1 Å². The van der Waals surface area contributed by atoms with Crippen molar-refractivity contribution in [3.63, 3.8) is 0 Å². The second-order valence-corrected chi connectivity index (χ2v) is 4.13. The Morgan fingerprint density at radius 2 is 2.28 bits per heavy atom. The summed E-state index contributed by atoms with van der Waals surface area (Å²) in [6.45, 7) is 4.58. The highest BCUT2D eigenvalue weighted by Crippen LogP contribution is 2.15. The van der Waals surface area contributed by atoms with Gasteiger partial charge in [0.15, 0.2) is 5.82 Å². The maximum atomic E-state index is 10.4. The van der Waals surface area contributed by atoms with E-state index < -0.39 is 0 Å². The van der Waals surface area contributed by atoms with Crippen molar-refractivity contribution in [2.45, 2.75) is 26.8 Å². The molecular formula is C11H15N5O2. The highest BCUT2D eigenvalue weighted by Gasteiger charge is 2.09. The molecule has 96 valence electrons. The van der Waals surface area contributed by atoms with Gasteiger partial charge in [0.1, 0.15) is 5.76 Å². The van der Waals surface area contributed by atoms with Gasteiger partial charge < -0.3 is 9.09 Å². The van der Waals surface area contributed by atoms with E-state index in [1.54, 1.807) is 19.6 Å². The summed E-state index contributed by atoms with van der Waals surface area (Å²) in [7, 11) is 1.56. The minimum Gasteiger partial charge on any atom is -0.361 e. The lowest BCUT2D eigenvalue weighted by Gasteiger charge is -2.03. The van der Waals surface area contributed by atoms with E-state index in [-0.39, 0.29) is 0 Å². The number of nitroso groups, excluding NO2 is 1. The molecular weight excluding hydrogens is 234 g/mol. The molecule has 0 aliphatic carbocycles. The van der Waals surface area contributed by atoms with E-state index in [2.05, 4.69) is 15.4 Å². The Bertz CT molecular complexity index is 526.